The number of aliphatic hydroxyl groups excluding tert-OH is 1. The van der Waals surface area contributed by atoms with Crippen LogP contribution >= 0.6 is 0 Å². The number of ether oxygens (including phenoxy) is 3. The van der Waals surface area contributed by atoms with Crippen LogP contribution in [0, 0.1) is 0 Å². The minimum Gasteiger partial charge on any atom is -0.507 e. The predicted molar refractivity (Wildman–Crippen MR) is 134 cm³/mol. The van der Waals surface area contributed by atoms with Gasteiger partial charge in [-0.15, -0.1) is 0 Å². The molecular weight excluding hydrogens is 458 g/mol. The number of Topliss-reactive ketones (excluding diaryl/α,β-unsaturated/α-hetero) is 1. The quantitative estimate of drug-likeness (QED) is 0.228. The van der Waals surface area contributed by atoms with Gasteiger partial charge in [0.2, 0.25) is 0 Å². The zero-order valence-electron chi connectivity index (χ0n) is 19.6. The first-order chi connectivity index (χ1) is 17.6. The maximum atomic E-state index is 13.3. The summed E-state index contributed by atoms with van der Waals surface area (Å²) in [5.74, 6) is -0.00771. The van der Waals surface area contributed by atoms with Crippen LogP contribution < -0.4 is 14.2 Å². The smallest absolute Gasteiger partial charge is 0.295 e. The summed E-state index contributed by atoms with van der Waals surface area (Å²) in [5.41, 5.74) is 1.94. The number of carbonyl (C=O) groups is 2. The van der Waals surface area contributed by atoms with E-state index in [0.29, 0.717) is 48.2 Å². The van der Waals surface area contributed by atoms with Crippen LogP contribution in [0.5, 0.6) is 17.2 Å². The molecule has 0 spiro atoms. The van der Waals surface area contributed by atoms with Gasteiger partial charge in [-0.25, -0.2) is 0 Å². The zero-order chi connectivity index (χ0) is 25.1. The van der Waals surface area contributed by atoms with E-state index >= 15 is 0 Å². The summed E-state index contributed by atoms with van der Waals surface area (Å²) >= 11 is 0. The second-order valence-corrected chi connectivity index (χ2v) is 8.44. The third kappa shape index (κ3) is 4.43. The average molecular weight is 484 g/mol. The SMILES string of the molecule is C=CCOc1ccc(C2C(=C(O)c3ccc4c(c3)OCCO4)C(=O)C(=O)N2Cc2ccccc2)cc1. The van der Waals surface area contributed by atoms with Crippen molar-refractivity contribution in [2.75, 3.05) is 19.8 Å². The Labute approximate surface area is 208 Å². The van der Waals surface area contributed by atoms with Gasteiger partial charge in [-0.2, -0.15) is 0 Å². The van der Waals surface area contributed by atoms with Crippen molar-refractivity contribution in [2.45, 2.75) is 12.6 Å². The summed E-state index contributed by atoms with van der Waals surface area (Å²) in [5, 5.41) is 11.3. The predicted octanol–water partition coefficient (Wildman–Crippen LogP) is 4.64. The molecule has 1 amide bonds. The minimum atomic E-state index is -0.785. The van der Waals surface area contributed by atoms with Gasteiger partial charge in [-0.1, -0.05) is 55.1 Å². The Balaban J connectivity index is 1.59. The first kappa shape index (κ1) is 23.2. The normalized spacial score (nSPS) is 18.2. The van der Waals surface area contributed by atoms with E-state index in [-0.39, 0.29) is 17.9 Å². The molecule has 0 bridgehead atoms. The number of hydrogen-bond acceptors (Lipinski definition) is 6. The van der Waals surface area contributed by atoms with Gasteiger partial charge in [0.15, 0.2) is 11.5 Å². The van der Waals surface area contributed by atoms with Crippen molar-refractivity contribution >= 4 is 17.4 Å². The number of aliphatic hydroxyl groups is 1. The molecule has 3 aromatic carbocycles. The van der Waals surface area contributed by atoms with Crippen molar-refractivity contribution in [3.63, 3.8) is 0 Å². The maximum Gasteiger partial charge on any atom is 0.295 e. The molecule has 1 atom stereocenters. The number of carbonyl (C=O) groups excluding carboxylic acids is 2. The number of fused-ring (bicyclic) bond motifs is 1. The van der Waals surface area contributed by atoms with Gasteiger partial charge in [0.1, 0.15) is 31.3 Å². The maximum absolute atomic E-state index is 13.3. The summed E-state index contributed by atoms with van der Waals surface area (Å²) in [6.45, 7) is 5.05. The average Bonchev–Trinajstić information content (AvgIpc) is 3.17. The lowest BCUT2D eigenvalue weighted by atomic mass is 9.95. The highest BCUT2D eigenvalue weighted by molar-refractivity contribution is 6.46. The fraction of sp³-hybridized carbons (Fsp3) is 0.172. The van der Waals surface area contributed by atoms with Crippen LogP contribution in [-0.2, 0) is 16.1 Å². The van der Waals surface area contributed by atoms with Crippen molar-refractivity contribution in [2.24, 2.45) is 0 Å². The van der Waals surface area contributed by atoms with Gasteiger partial charge >= 0.3 is 0 Å². The van der Waals surface area contributed by atoms with Gasteiger partial charge in [0.05, 0.1) is 11.6 Å². The van der Waals surface area contributed by atoms with Crippen LogP contribution in [0.1, 0.15) is 22.7 Å². The first-order valence-corrected chi connectivity index (χ1v) is 11.6. The van der Waals surface area contributed by atoms with Gasteiger partial charge < -0.3 is 24.2 Å². The molecule has 2 heterocycles. The Morgan fingerprint density at radius 1 is 1.00 bits per heavy atom. The lowest BCUT2D eigenvalue weighted by Gasteiger charge is -2.26. The summed E-state index contributed by atoms with van der Waals surface area (Å²) in [6, 6.07) is 20.7. The topological polar surface area (TPSA) is 85.3 Å². The van der Waals surface area contributed by atoms with E-state index in [1.54, 1.807) is 48.5 Å². The molecule has 182 valence electrons. The molecule has 36 heavy (non-hydrogen) atoms. The standard InChI is InChI=1S/C29H25NO6/c1-2-14-34-22-11-8-20(9-12-22)26-25(27(31)21-10-13-23-24(17-21)36-16-15-35-23)28(32)29(33)30(26)18-19-6-4-3-5-7-19/h2-13,17,26,31H,1,14-16,18H2. The van der Waals surface area contributed by atoms with Gasteiger partial charge in [-0.05, 0) is 41.5 Å². The highest BCUT2D eigenvalue weighted by Crippen LogP contribution is 2.42. The van der Waals surface area contributed by atoms with Crippen LogP contribution in [-0.4, -0.2) is 41.5 Å². The number of nitrogens with zero attached hydrogens (tertiary/aromatic N) is 1. The van der Waals surface area contributed by atoms with Crippen LogP contribution in [0.15, 0.2) is 91.0 Å². The third-order valence-corrected chi connectivity index (χ3v) is 6.12. The molecule has 5 rings (SSSR count). The summed E-state index contributed by atoms with van der Waals surface area (Å²) in [4.78, 5) is 28.0. The van der Waals surface area contributed by atoms with E-state index in [1.165, 1.54) is 4.90 Å². The van der Waals surface area contributed by atoms with Crippen molar-refractivity contribution in [3.8, 4) is 17.2 Å². The fourth-order valence-corrected chi connectivity index (χ4v) is 4.42. The molecule has 2 aliphatic rings. The number of likely N-dealkylation sites (tertiary alicyclic amines) is 1. The van der Waals surface area contributed by atoms with E-state index in [1.807, 2.05) is 30.3 Å². The molecule has 0 aliphatic carbocycles. The monoisotopic (exact) mass is 483 g/mol. The summed E-state index contributed by atoms with van der Waals surface area (Å²) < 4.78 is 16.8. The van der Waals surface area contributed by atoms with Crippen LogP contribution in [0.2, 0.25) is 0 Å². The lowest BCUT2D eigenvalue weighted by Crippen LogP contribution is -2.29. The number of benzene rings is 3. The number of rotatable bonds is 7. The van der Waals surface area contributed by atoms with Crippen molar-refractivity contribution < 1.29 is 28.9 Å². The Morgan fingerprint density at radius 3 is 2.44 bits per heavy atom. The molecule has 3 aromatic rings. The molecule has 1 N–H and O–H groups in total. The van der Waals surface area contributed by atoms with Gasteiger partial charge in [-0.3, -0.25) is 9.59 Å². The summed E-state index contributed by atoms with van der Waals surface area (Å²) in [6.07, 6.45) is 1.65. The highest BCUT2D eigenvalue weighted by Gasteiger charge is 2.46. The molecule has 7 heteroatoms. The lowest BCUT2D eigenvalue weighted by molar-refractivity contribution is -0.140. The largest absolute Gasteiger partial charge is 0.507 e. The van der Waals surface area contributed by atoms with E-state index in [4.69, 9.17) is 14.2 Å². The zero-order valence-corrected chi connectivity index (χ0v) is 19.6. The summed E-state index contributed by atoms with van der Waals surface area (Å²) in [7, 11) is 0. The Bertz CT molecular complexity index is 1330. The first-order valence-electron chi connectivity index (χ1n) is 11.6. The second kappa shape index (κ2) is 10.00. The third-order valence-electron chi connectivity index (χ3n) is 6.12. The van der Waals surface area contributed by atoms with E-state index in [2.05, 4.69) is 6.58 Å². The van der Waals surface area contributed by atoms with Crippen LogP contribution in [0.25, 0.3) is 5.76 Å². The van der Waals surface area contributed by atoms with E-state index in [0.717, 1.165) is 5.56 Å². The van der Waals surface area contributed by atoms with Crippen molar-refractivity contribution in [1.29, 1.82) is 0 Å². The molecule has 1 unspecified atom stereocenters. The van der Waals surface area contributed by atoms with E-state index in [9.17, 15) is 14.7 Å². The van der Waals surface area contributed by atoms with Gasteiger partial charge in [0, 0.05) is 12.1 Å². The van der Waals surface area contributed by atoms with Crippen molar-refractivity contribution in [1.82, 2.24) is 4.90 Å². The number of hydrogen-bond donors (Lipinski definition) is 1. The van der Waals surface area contributed by atoms with E-state index < -0.39 is 17.7 Å². The van der Waals surface area contributed by atoms with Crippen molar-refractivity contribution in [3.05, 3.63) is 108 Å². The molecule has 7 nitrogen and oxygen atoms in total. The van der Waals surface area contributed by atoms with Crippen LogP contribution in [0.4, 0.5) is 0 Å². The highest BCUT2D eigenvalue weighted by atomic mass is 16.6. The van der Waals surface area contributed by atoms with Crippen LogP contribution in [0.3, 0.4) is 0 Å². The molecule has 0 radical (unpaired) electrons. The molecular formula is C29H25NO6. The molecule has 0 aromatic heterocycles. The Morgan fingerprint density at radius 2 is 1.72 bits per heavy atom. The second-order valence-electron chi connectivity index (χ2n) is 8.44. The van der Waals surface area contributed by atoms with Gasteiger partial charge in [0.25, 0.3) is 11.7 Å². The molecule has 1 fully saturated rings. The molecule has 2 aliphatic heterocycles. The molecule has 1 saturated heterocycles. The molecule has 0 saturated carbocycles. The fourth-order valence-electron chi connectivity index (χ4n) is 4.42. The minimum absolute atomic E-state index is 0.0207. The Kier molecular flexibility index (Phi) is 6.45. The Hall–Kier alpha value is -4.52. The number of amides is 1. The number of ketones is 1.